The van der Waals surface area contributed by atoms with Crippen LogP contribution in [0.2, 0.25) is 0 Å². The Kier molecular flexibility index (Phi) is 6.62. The molecule has 0 aromatic heterocycles. The summed E-state index contributed by atoms with van der Waals surface area (Å²) in [5.41, 5.74) is -0.0754. The third kappa shape index (κ3) is 6.58. The molecular weight excluding hydrogens is 273 g/mol. The highest BCUT2D eigenvalue weighted by Crippen LogP contribution is 2.21. The Hall–Kier alpha value is -1.62. The lowest BCUT2D eigenvalue weighted by Gasteiger charge is -2.25. The van der Waals surface area contributed by atoms with Gasteiger partial charge in [0.2, 0.25) is 0 Å². The Morgan fingerprint density at radius 1 is 1.38 bits per heavy atom. The summed E-state index contributed by atoms with van der Waals surface area (Å²) in [6.45, 7) is 6.40. The number of ether oxygens (including phenoxy) is 1. The minimum atomic E-state index is -0.649. The van der Waals surface area contributed by atoms with Crippen molar-refractivity contribution in [1.82, 2.24) is 5.32 Å². The molecule has 1 aromatic rings. The molecule has 1 unspecified atom stereocenters. The number of aliphatic hydroxyl groups is 1. The Morgan fingerprint density at radius 3 is 2.57 bits per heavy atom. The molecular formula is C16H24FNO3. The summed E-state index contributed by atoms with van der Waals surface area (Å²) in [5.74, 6) is -0.0972. The van der Waals surface area contributed by atoms with Crippen molar-refractivity contribution in [2.24, 2.45) is 5.41 Å². The summed E-state index contributed by atoms with van der Waals surface area (Å²) in [7, 11) is 0. The average Bonchev–Trinajstić information content (AvgIpc) is 2.45. The van der Waals surface area contributed by atoms with E-state index in [2.05, 4.69) is 5.32 Å². The van der Waals surface area contributed by atoms with Crippen molar-refractivity contribution in [3.05, 3.63) is 30.1 Å². The fourth-order valence-corrected chi connectivity index (χ4v) is 1.89. The molecule has 0 fully saturated rings. The zero-order valence-electron chi connectivity index (χ0n) is 12.9. The van der Waals surface area contributed by atoms with Crippen molar-refractivity contribution >= 4 is 5.91 Å². The van der Waals surface area contributed by atoms with Gasteiger partial charge in [-0.2, -0.15) is 0 Å². The van der Waals surface area contributed by atoms with Crippen LogP contribution in [0.5, 0.6) is 5.75 Å². The smallest absolute Gasteiger partial charge is 0.260 e. The summed E-state index contributed by atoms with van der Waals surface area (Å²) in [4.78, 5) is 12.0. The normalized spacial score (nSPS) is 12.8. The number of nitrogens with one attached hydrogen (secondary N) is 1. The fraction of sp³-hybridized carbons (Fsp3) is 0.562. The molecule has 0 saturated heterocycles. The molecule has 0 saturated carbocycles. The summed E-state index contributed by atoms with van der Waals surface area (Å²) >= 11 is 0. The van der Waals surface area contributed by atoms with E-state index < -0.39 is 6.10 Å². The second-order valence-corrected chi connectivity index (χ2v) is 5.92. The van der Waals surface area contributed by atoms with Crippen LogP contribution in [-0.2, 0) is 4.79 Å². The molecule has 2 N–H and O–H groups in total. The van der Waals surface area contributed by atoms with E-state index in [0.717, 1.165) is 6.42 Å². The molecule has 5 heteroatoms. The second kappa shape index (κ2) is 7.98. The summed E-state index contributed by atoms with van der Waals surface area (Å²) < 4.78 is 18.2. The molecule has 4 nitrogen and oxygen atoms in total. The topological polar surface area (TPSA) is 58.6 Å². The summed E-state index contributed by atoms with van der Waals surface area (Å²) in [6.07, 6.45) is 0.894. The molecule has 1 amide bonds. The number of carbonyl (C=O) groups excluding carboxylic acids is 1. The van der Waals surface area contributed by atoms with Crippen LogP contribution in [0.1, 0.15) is 33.6 Å². The SMILES string of the molecule is CC(Oc1ccc(F)cc1)C(=O)NCC(C)(C)CCCO. The molecule has 1 rings (SSSR count). The van der Waals surface area contributed by atoms with E-state index in [1.165, 1.54) is 24.3 Å². The largest absolute Gasteiger partial charge is 0.481 e. The molecule has 118 valence electrons. The van der Waals surface area contributed by atoms with Crippen molar-refractivity contribution in [2.75, 3.05) is 13.2 Å². The van der Waals surface area contributed by atoms with E-state index >= 15 is 0 Å². The summed E-state index contributed by atoms with van der Waals surface area (Å²) in [5, 5.41) is 11.7. The minimum Gasteiger partial charge on any atom is -0.481 e. The lowest BCUT2D eigenvalue weighted by Crippen LogP contribution is -2.41. The van der Waals surface area contributed by atoms with Gasteiger partial charge in [-0.05, 0) is 49.4 Å². The maximum atomic E-state index is 12.8. The van der Waals surface area contributed by atoms with Crippen molar-refractivity contribution in [1.29, 1.82) is 0 Å². The Balaban J connectivity index is 2.42. The number of hydrogen-bond acceptors (Lipinski definition) is 3. The fourth-order valence-electron chi connectivity index (χ4n) is 1.89. The van der Waals surface area contributed by atoms with Crippen LogP contribution in [0.25, 0.3) is 0 Å². The highest BCUT2D eigenvalue weighted by atomic mass is 19.1. The molecule has 0 heterocycles. The van der Waals surface area contributed by atoms with Crippen LogP contribution in [0, 0.1) is 11.2 Å². The second-order valence-electron chi connectivity index (χ2n) is 5.92. The molecule has 1 atom stereocenters. The standard InChI is InChI=1S/C16H24FNO3/c1-12(21-14-7-5-13(17)6-8-14)15(20)18-11-16(2,3)9-4-10-19/h5-8,12,19H,4,9-11H2,1-3H3,(H,18,20). The highest BCUT2D eigenvalue weighted by Gasteiger charge is 2.21. The number of carbonyl (C=O) groups is 1. The maximum Gasteiger partial charge on any atom is 0.260 e. The zero-order chi connectivity index (χ0) is 15.9. The van der Waals surface area contributed by atoms with Gasteiger partial charge in [0.25, 0.3) is 5.91 Å². The number of rotatable bonds is 8. The van der Waals surface area contributed by atoms with E-state index in [1.807, 2.05) is 13.8 Å². The monoisotopic (exact) mass is 297 g/mol. The molecule has 0 aliphatic carbocycles. The number of benzene rings is 1. The predicted octanol–water partition coefficient (Wildman–Crippen LogP) is 2.51. The van der Waals surface area contributed by atoms with Crippen LogP contribution < -0.4 is 10.1 Å². The predicted molar refractivity (Wildman–Crippen MR) is 79.6 cm³/mol. The zero-order valence-corrected chi connectivity index (χ0v) is 12.9. The molecule has 0 aliphatic heterocycles. The lowest BCUT2D eigenvalue weighted by molar-refractivity contribution is -0.127. The van der Waals surface area contributed by atoms with Crippen LogP contribution in [0.4, 0.5) is 4.39 Å². The average molecular weight is 297 g/mol. The van der Waals surface area contributed by atoms with E-state index in [0.29, 0.717) is 18.7 Å². The minimum absolute atomic E-state index is 0.0754. The van der Waals surface area contributed by atoms with E-state index in [-0.39, 0.29) is 23.7 Å². The van der Waals surface area contributed by atoms with E-state index in [4.69, 9.17) is 9.84 Å². The Bertz CT molecular complexity index is 445. The quantitative estimate of drug-likeness (QED) is 0.775. The maximum absolute atomic E-state index is 12.8. The van der Waals surface area contributed by atoms with Gasteiger partial charge in [0.05, 0.1) is 0 Å². The van der Waals surface area contributed by atoms with Gasteiger partial charge < -0.3 is 15.2 Å². The van der Waals surface area contributed by atoms with Gasteiger partial charge in [-0.1, -0.05) is 13.8 Å². The Labute approximate surface area is 125 Å². The molecule has 0 spiro atoms. The lowest BCUT2D eigenvalue weighted by atomic mass is 9.88. The number of aliphatic hydroxyl groups excluding tert-OH is 1. The molecule has 0 aliphatic rings. The number of halogens is 1. The van der Waals surface area contributed by atoms with Crippen molar-refractivity contribution in [3.8, 4) is 5.75 Å². The van der Waals surface area contributed by atoms with E-state index in [9.17, 15) is 9.18 Å². The van der Waals surface area contributed by atoms with Gasteiger partial charge in [0.1, 0.15) is 11.6 Å². The van der Waals surface area contributed by atoms with Gasteiger partial charge in [0, 0.05) is 13.2 Å². The van der Waals surface area contributed by atoms with Crippen molar-refractivity contribution < 1.29 is 19.0 Å². The van der Waals surface area contributed by atoms with Gasteiger partial charge in [0.15, 0.2) is 6.10 Å². The number of amides is 1. The van der Waals surface area contributed by atoms with Crippen molar-refractivity contribution in [2.45, 2.75) is 39.7 Å². The first kappa shape index (κ1) is 17.4. The highest BCUT2D eigenvalue weighted by molar-refractivity contribution is 5.80. The Morgan fingerprint density at radius 2 is 2.00 bits per heavy atom. The van der Waals surface area contributed by atoms with Crippen LogP contribution >= 0.6 is 0 Å². The first-order chi connectivity index (χ1) is 9.84. The third-order valence-electron chi connectivity index (χ3n) is 3.25. The van der Waals surface area contributed by atoms with Gasteiger partial charge in [-0.25, -0.2) is 4.39 Å². The number of hydrogen-bond donors (Lipinski definition) is 2. The first-order valence-electron chi connectivity index (χ1n) is 7.15. The van der Waals surface area contributed by atoms with Crippen LogP contribution in [0.3, 0.4) is 0 Å². The van der Waals surface area contributed by atoms with Crippen molar-refractivity contribution in [3.63, 3.8) is 0 Å². The van der Waals surface area contributed by atoms with Crippen LogP contribution in [-0.4, -0.2) is 30.3 Å². The van der Waals surface area contributed by atoms with E-state index in [1.54, 1.807) is 6.92 Å². The van der Waals surface area contributed by atoms with Gasteiger partial charge >= 0.3 is 0 Å². The molecule has 21 heavy (non-hydrogen) atoms. The van der Waals surface area contributed by atoms with Crippen LogP contribution in [0.15, 0.2) is 24.3 Å². The van der Waals surface area contributed by atoms with Gasteiger partial charge in [-0.15, -0.1) is 0 Å². The third-order valence-corrected chi connectivity index (χ3v) is 3.25. The molecule has 1 aromatic carbocycles. The molecule has 0 radical (unpaired) electrons. The summed E-state index contributed by atoms with van der Waals surface area (Å²) in [6, 6.07) is 5.56. The molecule has 0 bridgehead atoms. The van der Waals surface area contributed by atoms with Gasteiger partial charge in [-0.3, -0.25) is 4.79 Å². The first-order valence-corrected chi connectivity index (χ1v) is 7.15.